The first-order valence-electron chi connectivity index (χ1n) is 8.65. The molecular weight excluding hydrogens is 397 g/mol. The Bertz CT molecular complexity index is 1250. The van der Waals surface area contributed by atoms with Crippen LogP contribution in [0.3, 0.4) is 0 Å². The van der Waals surface area contributed by atoms with Crippen LogP contribution >= 0.6 is 0 Å². The zero-order valence-corrected chi connectivity index (χ0v) is 16.5. The van der Waals surface area contributed by atoms with Gasteiger partial charge >= 0.3 is 5.97 Å². The molecule has 3 aromatic carbocycles. The molecular formula is C21H18FNO5S. The topological polar surface area (TPSA) is 101 Å². The van der Waals surface area contributed by atoms with Gasteiger partial charge in [-0.2, -0.15) is 0 Å². The van der Waals surface area contributed by atoms with Crippen LogP contribution in [0.5, 0.6) is 0 Å². The number of carbonyl (C=O) groups is 2. The largest absolute Gasteiger partial charge is 0.481 e. The molecule has 0 aliphatic carbocycles. The molecule has 0 radical (unpaired) electrons. The summed E-state index contributed by atoms with van der Waals surface area (Å²) in [7, 11) is -2.37. The monoisotopic (exact) mass is 415 g/mol. The van der Waals surface area contributed by atoms with Crippen molar-refractivity contribution in [1.82, 2.24) is 4.72 Å². The second kappa shape index (κ2) is 7.73. The summed E-state index contributed by atoms with van der Waals surface area (Å²) in [5.74, 6) is -2.02. The normalized spacial score (nSPS) is 11.6. The summed E-state index contributed by atoms with van der Waals surface area (Å²) in [6.07, 6.45) is -0.286. The van der Waals surface area contributed by atoms with E-state index in [9.17, 15) is 22.4 Å². The number of rotatable bonds is 6. The molecule has 150 valence electrons. The Balaban J connectivity index is 2.18. The van der Waals surface area contributed by atoms with Gasteiger partial charge < -0.3 is 5.11 Å². The molecule has 0 aliphatic rings. The molecule has 0 amide bonds. The molecule has 0 atom stereocenters. The molecule has 6 nitrogen and oxygen atoms in total. The minimum atomic E-state index is -3.66. The SMILES string of the molecule is CNS(=O)(=O)c1ccc(C(=O)c2cc(CC(=O)O)cc3ccc(F)cc23)c(C)c1. The summed E-state index contributed by atoms with van der Waals surface area (Å²) in [6, 6.07) is 11.1. The third-order valence-electron chi connectivity index (χ3n) is 4.60. The summed E-state index contributed by atoms with van der Waals surface area (Å²) < 4.78 is 40.0. The highest BCUT2D eigenvalue weighted by molar-refractivity contribution is 7.89. The number of fused-ring (bicyclic) bond motifs is 1. The fourth-order valence-corrected chi connectivity index (χ4v) is 3.99. The lowest BCUT2D eigenvalue weighted by Gasteiger charge is -2.12. The molecule has 0 aromatic heterocycles. The molecule has 0 spiro atoms. The molecule has 0 saturated carbocycles. The van der Waals surface area contributed by atoms with Gasteiger partial charge in [-0.05, 0) is 72.3 Å². The first-order valence-corrected chi connectivity index (χ1v) is 10.1. The maximum Gasteiger partial charge on any atom is 0.307 e. The van der Waals surface area contributed by atoms with Gasteiger partial charge in [0.15, 0.2) is 5.78 Å². The van der Waals surface area contributed by atoms with E-state index in [0.717, 1.165) is 0 Å². The molecule has 0 saturated heterocycles. The lowest BCUT2D eigenvalue weighted by atomic mass is 9.92. The van der Waals surface area contributed by atoms with E-state index in [-0.39, 0.29) is 22.4 Å². The fraction of sp³-hybridized carbons (Fsp3) is 0.143. The van der Waals surface area contributed by atoms with Crippen LogP contribution in [0.4, 0.5) is 4.39 Å². The van der Waals surface area contributed by atoms with Crippen LogP contribution in [0, 0.1) is 12.7 Å². The predicted molar refractivity (Wildman–Crippen MR) is 106 cm³/mol. The molecule has 8 heteroatoms. The Kier molecular flexibility index (Phi) is 5.50. The van der Waals surface area contributed by atoms with E-state index in [1.807, 2.05) is 0 Å². The lowest BCUT2D eigenvalue weighted by Crippen LogP contribution is -2.19. The van der Waals surface area contributed by atoms with Crippen LogP contribution in [0.2, 0.25) is 0 Å². The molecule has 0 unspecified atom stereocenters. The maximum atomic E-state index is 13.8. The van der Waals surface area contributed by atoms with Gasteiger partial charge in [0.2, 0.25) is 10.0 Å². The van der Waals surface area contributed by atoms with E-state index in [0.29, 0.717) is 21.9 Å². The highest BCUT2D eigenvalue weighted by Gasteiger charge is 2.19. The standard InChI is InChI=1S/C21H18FNO5S/c1-12-7-16(29(27,28)23-2)5-6-17(12)21(26)19-9-13(10-20(24)25)8-14-3-4-15(22)11-18(14)19/h3-9,11,23H,10H2,1-2H3,(H,24,25). The van der Waals surface area contributed by atoms with E-state index in [1.165, 1.54) is 49.5 Å². The second-order valence-electron chi connectivity index (χ2n) is 6.59. The van der Waals surface area contributed by atoms with Crippen LogP contribution < -0.4 is 4.72 Å². The number of hydrogen-bond acceptors (Lipinski definition) is 4. The van der Waals surface area contributed by atoms with E-state index in [4.69, 9.17) is 5.11 Å². The van der Waals surface area contributed by atoms with E-state index < -0.39 is 27.6 Å². The molecule has 0 heterocycles. The highest BCUT2D eigenvalue weighted by Crippen LogP contribution is 2.27. The van der Waals surface area contributed by atoms with Crippen molar-refractivity contribution < 1.29 is 27.5 Å². The van der Waals surface area contributed by atoms with Crippen LogP contribution in [0.15, 0.2) is 53.4 Å². The van der Waals surface area contributed by atoms with Gasteiger partial charge in [-0.1, -0.05) is 12.1 Å². The van der Waals surface area contributed by atoms with Crippen molar-refractivity contribution in [3.05, 3.63) is 76.6 Å². The number of carbonyl (C=O) groups excluding carboxylic acids is 1. The van der Waals surface area contributed by atoms with Gasteiger partial charge in [0.25, 0.3) is 0 Å². The van der Waals surface area contributed by atoms with Gasteiger partial charge in [-0.15, -0.1) is 0 Å². The Hall–Kier alpha value is -3.10. The maximum absolute atomic E-state index is 13.8. The molecule has 3 aromatic rings. The smallest absolute Gasteiger partial charge is 0.307 e. The minimum Gasteiger partial charge on any atom is -0.481 e. The summed E-state index contributed by atoms with van der Waals surface area (Å²) in [4.78, 5) is 24.4. The van der Waals surface area contributed by atoms with Crippen molar-refractivity contribution in [3.8, 4) is 0 Å². The molecule has 0 bridgehead atoms. The first-order chi connectivity index (χ1) is 13.6. The van der Waals surface area contributed by atoms with Gasteiger partial charge in [-0.25, -0.2) is 17.5 Å². The molecule has 29 heavy (non-hydrogen) atoms. The Morgan fingerprint density at radius 2 is 1.76 bits per heavy atom. The summed E-state index contributed by atoms with van der Waals surface area (Å²) >= 11 is 0. The number of halogens is 1. The Morgan fingerprint density at radius 1 is 1.03 bits per heavy atom. The van der Waals surface area contributed by atoms with E-state index in [2.05, 4.69) is 4.72 Å². The average Bonchev–Trinajstić information content (AvgIpc) is 2.66. The van der Waals surface area contributed by atoms with E-state index >= 15 is 0 Å². The third-order valence-corrected chi connectivity index (χ3v) is 6.01. The number of ketones is 1. The van der Waals surface area contributed by atoms with Crippen LogP contribution in [-0.2, 0) is 21.2 Å². The Morgan fingerprint density at radius 3 is 2.38 bits per heavy atom. The quantitative estimate of drug-likeness (QED) is 0.603. The molecule has 0 aliphatic heterocycles. The van der Waals surface area contributed by atoms with Gasteiger partial charge in [-0.3, -0.25) is 9.59 Å². The number of nitrogens with one attached hydrogen (secondary N) is 1. The average molecular weight is 415 g/mol. The zero-order valence-electron chi connectivity index (χ0n) is 15.7. The van der Waals surface area contributed by atoms with Crippen molar-refractivity contribution >= 4 is 32.5 Å². The first kappa shape index (κ1) is 20.6. The van der Waals surface area contributed by atoms with Gasteiger partial charge in [0.05, 0.1) is 11.3 Å². The lowest BCUT2D eigenvalue weighted by molar-refractivity contribution is -0.136. The predicted octanol–water partition coefficient (Wildman–Crippen LogP) is 3.05. The number of sulfonamides is 1. The van der Waals surface area contributed by atoms with Crippen molar-refractivity contribution in [2.45, 2.75) is 18.2 Å². The van der Waals surface area contributed by atoms with Crippen LogP contribution in [0.25, 0.3) is 10.8 Å². The van der Waals surface area contributed by atoms with Gasteiger partial charge in [0.1, 0.15) is 5.82 Å². The molecule has 0 fully saturated rings. The number of benzene rings is 3. The van der Waals surface area contributed by atoms with E-state index in [1.54, 1.807) is 13.0 Å². The number of carboxylic acids is 1. The van der Waals surface area contributed by atoms with Crippen molar-refractivity contribution in [3.63, 3.8) is 0 Å². The summed E-state index contributed by atoms with van der Waals surface area (Å²) in [5.41, 5.74) is 1.25. The van der Waals surface area contributed by atoms with Crippen LogP contribution in [0.1, 0.15) is 27.0 Å². The van der Waals surface area contributed by atoms with Crippen molar-refractivity contribution in [2.75, 3.05) is 7.05 Å². The zero-order chi connectivity index (χ0) is 21.3. The Labute approximate surface area is 167 Å². The minimum absolute atomic E-state index is 0.0181. The highest BCUT2D eigenvalue weighted by atomic mass is 32.2. The third kappa shape index (κ3) is 4.18. The number of aryl methyl sites for hydroxylation is 1. The van der Waals surface area contributed by atoms with Gasteiger partial charge in [0, 0.05) is 11.1 Å². The molecule has 3 rings (SSSR count). The number of carboxylic acid groups (broad SMARTS) is 1. The summed E-state index contributed by atoms with van der Waals surface area (Å²) in [5, 5.41) is 10.00. The van der Waals surface area contributed by atoms with Crippen molar-refractivity contribution in [2.24, 2.45) is 0 Å². The van der Waals surface area contributed by atoms with Crippen LogP contribution in [-0.4, -0.2) is 32.3 Å². The summed E-state index contributed by atoms with van der Waals surface area (Å²) in [6.45, 7) is 1.60. The fourth-order valence-electron chi connectivity index (χ4n) is 3.18. The second-order valence-corrected chi connectivity index (χ2v) is 8.48. The van der Waals surface area contributed by atoms with Crippen molar-refractivity contribution in [1.29, 1.82) is 0 Å². The number of aliphatic carboxylic acids is 1. The molecule has 2 N–H and O–H groups in total. The number of hydrogen-bond donors (Lipinski definition) is 2.